The SMILES string of the molecule is Cc1nc(Cl)sc1S(=O)[O-]. The fourth-order valence-electron chi connectivity index (χ4n) is 0.505. The molecule has 0 fully saturated rings. The largest absolute Gasteiger partial charge is 0.768 e. The molecule has 0 aliphatic heterocycles. The number of aryl methyl sites for hydroxylation is 1. The number of rotatable bonds is 1. The molecule has 0 aliphatic rings. The van der Waals surface area contributed by atoms with Crippen LogP contribution in [0.2, 0.25) is 4.47 Å². The molecule has 1 rings (SSSR count). The van der Waals surface area contributed by atoms with Crippen LogP contribution in [0.5, 0.6) is 0 Å². The lowest BCUT2D eigenvalue weighted by Gasteiger charge is -1.99. The average Bonchev–Trinajstić information content (AvgIpc) is 2.10. The van der Waals surface area contributed by atoms with Gasteiger partial charge in [-0.1, -0.05) is 22.9 Å². The van der Waals surface area contributed by atoms with Crippen LogP contribution in [-0.2, 0) is 11.1 Å². The first-order valence-corrected chi connectivity index (χ1v) is 4.60. The third kappa shape index (κ3) is 1.54. The number of hydrogen-bond acceptors (Lipinski definition) is 4. The molecule has 0 amide bonds. The number of hydrogen-bond donors (Lipinski definition) is 0. The molecule has 6 heteroatoms. The molecular formula is C4H3ClNO2S2-. The van der Waals surface area contributed by atoms with Crippen molar-refractivity contribution in [2.45, 2.75) is 11.1 Å². The van der Waals surface area contributed by atoms with Gasteiger partial charge in [0.1, 0.15) is 4.21 Å². The van der Waals surface area contributed by atoms with Crippen LogP contribution in [0, 0.1) is 6.92 Å². The molecule has 0 saturated heterocycles. The Morgan fingerprint density at radius 3 is 2.60 bits per heavy atom. The molecule has 10 heavy (non-hydrogen) atoms. The van der Waals surface area contributed by atoms with Crippen LogP contribution in [0.3, 0.4) is 0 Å². The summed E-state index contributed by atoms with van der Waals surface area (Å²) in [7, 11) is 0. The zero-order valence-electron chi connectivity index (χ0n) is 4.96. The average molecular weight is 197 g/mol. The fourth-order valence-corrected chi connectivity index (χ4v) is 2.33. The molecule has 0 saturated carbocycles. The number of thiazole rings is 1. The Morgan fingerprint density at radius 2 is 2.40 bits per heavy atom. The van der Waals surface area contributed by atoms with E-state index < -0.39 is 11.1 Å². The Morgan fingerprint density at radius 1 is 1.80 bits per heavy atom. The summed E-state index contributed by atoms with van der Waals surface area (Å²) < 4.78 is 21.2. The smallest absolute Gasteiger partial charge is 0.184 e. The van der Waals surface area contributed by atoms with E-state index >= 15 is 0 Å². The van der Waals surface area contributed by atoms with Crippen molar-refractivity contribution in [3.8, 4) is 0 Å². The van der Waals surface area contributed by atoms with Gasteiger partial charge in [-0.05, 0) is 18.0 Å². The van der Waals surface area contributed by atoms with Crippen molar-refractivity contribution < 1.29 is 8.76 Å². The highest BCUT2D eigenvalue weighted by Gasteiger charge is 2.04. The van der Waals surface area contributed by atoms with Gasteiger partial charge in [0.05, 0.1) is 5.69 Å². The van der Waals surface area contributed by atoms with Gasteiger partial charge in [0.25, 0.3) is 0 Å². The molecule has 0 spiro atoms. The van der Waals surface area contributed by atoms with Crippen molar-refractivity contribution in [2.24, 2.45) is 0 Å². The lowest BCUT2D eigenvalue weighted by atomic mass is 10.6. The predicted molar refractivity (Wildman–Crippen MR) is 39.0 cm³/mol. The summed E-state index contributed by atoms with van der Waals surface area (Å²) in [4.78, 5) is 3.72. The van der Waals surface area contributed by atoms with E-state index in [1.807, 2.05) is 0 Å². The summed E-state index contributed by atoms with van der Waals surface area (Å²) in [6.45, 7) is 1.60. The van der Waals surface area contributed by atoms with Gasteiger partial charge in [-0.2, -0.15) is 0 Å². The summed E-state index contributed by atoms with van der Waals surface area (Å²) >= 11 is 4.21. The number of nitrogens with zero attached hydrogens (tertiary/aromatic N) is 1. The molecule has 1 aromatic rings. The maximum absolute atomic E-state index is 10.3. The Labute approximate surface area is 69.3 Å². The summed E-state index contributed by atoms with van der Waals surface area (Å²) in [6.07, 6.45) is 0. The van der Waals surface area contributed by atoms with E-state index in [0.29, 0.717) is 5.69 Å². The van der Waals surface area contributed by atoms with Crippen LogP contribution < -0.4 is 0 Å². The van der Waals surface area contributed by atoms with Gasteiger partial charge in [-0.3, -0.25) is 4.21 Å². The normalized spacial score (nSPS) is 13.5. The standard InChI is InChI=1S/C4H4ClNO2S2/c1-2-3(10(7)8)9-4(5)6-2/h1H3,(H,7,8)/p-1. The van der Waals surface area contributed by atoms with Crippen LogP contribution in [0.15, 0.2) is 4.21 Å². The molecule has 1 aromatic heterocycles. The lowest BCUT2D eigenvalue weighted by molar-refractivity contribution is 0.538. The summed E-state index contributed by atoms with van der Waals surface area (Å²) in [5.74, 6) is 0. The van der Waals surface area contributed by atoms with Crippen molar-refractivity contribution in [2.75, 3.05) is 0 Å². The van der Waals surface area contributed by atoms with E-state index in [0.717, 1.165) is 11.3 Å². The van der Waals surface area contributed by atoms with Crippen molar-refractivity contribution in [1.29, 1.82) is 0 Å². The minimum absolute atomic E-state index is 0.213. The minimum Gasteiger partial charge on any atom is -0.768 e. The van der Waals surface area contributed by atoms with Gasteiger partial charge in [0, 0.05) is 0 Å². The maximum atomic E-state index is 10.3. The summed E-state index contributed by atoms with van der Waals surface area (Å²) in [5, 5.41) is 0. The van der Waals surface area contributed by atoms with Crippen molar-refractivity contribution in [3.05, 3.63) is 10.2 Å². The van der Waals surface area contributed by atoms with Gasteiger partial charge >= 0.3 is 0 Å². The van der Waals surface area contributed by atoms with E-state index in [9.17, 15) is 8.76 Å². The monoisotopic (exact) mass is 196 g/mol. The molecule has 0 aliphatic carbocycles. The van der Waals surface area contributed by atoms with Crippen LogP contribution in [0.25, 0.3) is 0 Å². The van der Waals surface area contributed by atoms with Crippen LogP contribution >= 0.6 is 22.9 Å². The van der Waals surface area contributed by atoms with Gasteiger partial charge < -0.3 is 4.55 Å². The lowest BCUT2D eigenvalue weighted by Crippen LogP contribution is -1.86. The molecular weight excluding hydrogens is 194 g/mol. The Kier molecular flexibility index (Phi) is 2.40. The Balaban J connectivity index is 3.15. The van der Waals surface area contributed by atoms with E-state index in [1.165, 1.54) is 0 Å². The summed E-state index contributed by atoms with van der Waals surface area (Å²) in [6, 6.07) is 0. The quantitative estimate of drug-likeness (QED) is 0.637. The third-order valence-corrected chi connectivity index (χ3v) is 3.19. The third-order valence-electron chi connectivity index (χ3n) is 0.879. The second-order valence-electron chi connectivity index (χ2n) is 1.57. The molecule has 1 heterocycles. The van der Waals surface area contributed by atoms with E-state index in [-0.39, 0.29) is 8.68 Å². The molecule has 3 nitrogen and oxygen atoms in total. The van der Waals surface area contributed by atoms with Crippen molar-refractivity contribution in [3.63, 3.8) is 0 Å². The first-order valence-electron chi connectivity index (χ1n) is 2.33. The van der Waals surface area contributed by atoms with Crippen molar-refractivity contribution in [1.82, 2.24) is 4.98 Å². The van der Waals surface area contributed by atoms with Gasteiger partial charge in [0.15, 0.2) is 4.47 Å². The molecule has 0 radical (unpaired) electrons. The Hall–Kier alpha value is 0.0300. The predicted octanol–water partition coefficient (Wildman–Crippen LogP) is 1.34. The van der Waals surface area contributed by atoms with Crippen LogP contribution in [0.4, 0.5) is 0 Å². The second kappa shape index (κ2) is 2.96. The molecule has 0 aromatic carbocycles. The van der Waals surface area contributed by atoms with Crippen molar-refractivity contribution >= 4 is 34.0 Å². The van der Waals surface area contributed by atoms with E-state index in [4.69, 9.17) is 11.6 Å². The Bertz CT molecular complexity index is 272. The molecule has 0 bridgehead atoms. The first-order chi connectivity index (χ1) is 4.61. The molecule has 1 unspecified atom stereocenters. The summed E-state index contributed by atoms with van der Waals surface area (Å²) in [5.41, 5.74) is 0.461. The molecule has 1 atom stereocenters. The maximum Gasteiger partial charge on any atom is 0.184 e. The van der Waals surface area contributed by atoms with Gasteiger partial charge in [0.2, 0.25) is 0 Å². The fraction of sp³-hybridized carbons (Fsp3) is 0.250. The van der Waals surface area contributed by atoms with Crippen LogP contribution in [0.1, 0.15) is 5.69 Å². The highest BCUT2D eigenvalue weighted by atomic mass is 35.5. The second-order valence-corrected chi connectivity index (χ2v) is 4.29. The minimum atomic E-state index is -2.20. The first kappa shape index (κ1) is 8.13. The van der Waals surface area contributed by atoms with E-state index in [2.05, 4.69) is 4.98 Å². The molecule has 0 N–H and O–H groups in total. The number of halogens is 1. The zero-order valence-corrected chi connectivity index (χ0v) is 7.35. The highest BCUT2D eigenvalue weighted by Crippen LogP contribution is 2.24. The van der Waals surface area contributed by atoms with E-state index in [1.54, 1.807) is 6.92 Å². The van der Waals surface area contributed by atoms with Crippen LogP contribution in [-0.4, -0.2) is 13.7 Å². The highest BCUT2D eigenvalue weighted by molar-refractivity contribution is 7.81. The molecule has 56 valence electrons. The van der Waals surface area contributed by atoms with Gasteiger partial charge in [-0.25, -0.2) is 4.98 Å². The van der Waals surface area contributed by atoms with Gasteiger partial charge in [-0.15, -0.1) is 0 Å². The zero-order chi connectivity index (χ0) is 7.72. The number of aromatic nitrogens is 1. The topological polar surface area (TPSA) is 53.0 Å².